The Labute approximate surface area is 137 Å². The fraction of sp³-hybridized carbons (Fsp3) is 0.556. The van der Waals surface area contributed by atoms with Crippen molar-refractivity contribution >= 4 is 12.3 Å². The molecule has 1 saturated heterocycles. The first kappa shape index (κ1) is 17.4. The van der Waals surface area contributed by atoms with E-state index in [9.17, 15) is 9.18 Å². The first-order valence-corrected chi connectivity index (χ1v) is 8.01. The van der Waals surface area contributed by atoms with Gasteiger partial charge in [-0.1, -0.05) is 12.1 Å². The fourth-order valence-electron chi connectivity index (χ4n) is 2.98. The van der Waals surface area contributed by atoms with Crippen LogP contribution in [0.1, 0.15) is 45.6 Å². The van der Waals surface area contributed by atoms with Crippen LogP contribution in [0.15, 0.2) is 24.3 Å². The van der Waals surface area contributed by atoms with E-state index in [4.69, 9.17) is 10.1 Å². The number of rotatable bonds is 2. The molecule has 1 aromatic carbocycles. The fourth-order valence-corrected chi connectivity index (χ4v) is 2.98. The molecular weight excluding hydrogens is 295 g/mol. The molecule has 4 nitrogen and oxygen atoms in total. The van der Waals surface area contributed by atoms with Crippen LogP contribution in [0.2, 0.25) is 0 Å². The van der Waals surface area contributed by atoms with Crippen molar-refractivity contribution in [1.82, 2.24) is 4.90 Å². The van der Waals surface area contributed by atoms with Crippen molar-refractivity contribution in [3.63, 3.8) is 0 Å². The second kappa shape index (κ2) is 6.69. The summed E-state index contributed by atoms with van der Waals surface area (Å²) in [6, 6.07) is 6.43. The Hall–Kier alpha value is -1.91. The van der Waals surface area contributed by atoms with E-state index in [1.54, 1.807) is 11.0 Å². The zero-order valence-corrected chi connectivity index (χ0v) is 14.1. The summed E-state index contributed by atoms with van der Waals surface area (Å²) in [7, 11) is 0. The van der Waals surface area contributed by atoms with E-state index in [0.717, 1.165) is 18.4 Å². The third-order valence-electron chi connectivity index (χ3n) is 4.21. The summed E-state index contributed by atoms with van der Waals surface area (Å²) in [5.74, 6) is -0.294. The van der Waals surface area contributed by atoms with E-state index >= 15 is 0 Å². The summed E-state index contributed by atoms with van der Waals surface area (Å²) in [5.41, 5.74) is -0.234. The van der Waals surface area contributed by atoms with Crippen LogP contribution in [-0.4, -0.2) is 35.9 Å². The Kier molecular flexibility index (Phi) is 5.07. The molecule has 126 valence electrons. The van der Waals surface area contributed by atoms with E-state index in [2.05, 4.69) is 0 Å². The number of benzene rings is 1. The van der Waals surface area contributed by atoms with Gasteiger partial charge in [-0.25, -0.2) is 9.18 Å². The molecule has 1 unspecified atom stereocenters. The highest BCUT2D eigenvalue weighted by Crippen LogP contribution is 2.34. The molecule has 2 rings (SSSR count). The number of halogens is 1. The number of carbonyl (C=O) groups is 1. The van der Waals surface area contributed by atoms with Gasteiger partial charge >= 0.3 is 6.09 Å². The molecule has 1 fully saturated rings. The Bertz CT molecular complexity index is 583. The van der Waals surface area contributed by atoms with Crippen LogP contribution in [0.5, 0.6) is 0 Å². The number of likely N-dealkylation sites (tertiary alicyclic amines) is 1. The van der Waals surface area contributed by atoms with Gasteiger partial charge in [0.1, 0.15) is 11.4 Å². The first-order valence-electron chi connectivity index (χ1n) is 8.01. The van der Waals surface area contributed by atoms with E-state index in [1.807, 2.05) is 26.8 Å². The monoisotopic (exact) mass is 320 g/mol. The predicted molar refractivity (Wildman–Crippen MR) is 88.5 cm³/mol. The summed E-state index contributed by atoms with van der Waals surface area (Å²) in [6.07, 6.45) is 3.15. The van der Waals surface area contributed by atoms with Crippen LogP contribution in [0.25, 0.3) is 0 Å². The number of nitrogens with zero attached hydrogens (tertiary/aromatic N) is 1. The number of hydrogen-bond donors (Lipinski definition) is 1. The van der Waals surface area contributed by atoms with Crippen molar-refractivity contribution in [1.29, 1.82) is 5.41 Å². The SMILES string of the molecule is CC(C)(C)OC(=O)N1CCCC(C=N)(c2cccc(F)c2)CC1. The van der Waals surface area contributed by atoms with Gasteiger partial charge in [0.05, 0.1) is 0 Å². The van der Waals surface area contributed by atoms with Crippen molar-refractivity contribution in [2.75, 3.05) is 13.1 Å². The largest absolute Gasteiger partial charge is 0.444 e. The number of carbonyl (C=O) groups excluding carboxylic acids is 1. The van der Waals surface area contributed by atoms with Crippen LogP contribution in [-0.2, 0) is 10.2 Å². The normalized spacial score (nSPS) is 22.3. The molecule has 0 aliphatic carbocycles. The van der Waals surface area contributed by atoms with Gasteiger partial charge < -0.3 is 15.0 Å². The molecule has 1 aliphatic heterocycles. The third-order valence-corrected chi connectivity index (χ3v) is 4.21. The molecule has 23 heavy (non-hydrogen) atoms. The summed E-state index contributed by atoms with van der Waals surface area (Å²) in [6.45, 7) is 6.63. The average Bonchev–Trinajstić information content (AvgIpc) is 2.69. The summed E-state index contributed by atoms with van der Waals surface area (Å²) >= 11 is 0. The van der Waals surface area contributed by atoms with Crippen LogP contribution in [0.3, 0.4) is 0 Å². The summed E-state index contributed by atoms with van der Waals surface area (Å²) in [4.78, 5) is 13.9. The van der Waals surface area contributed by atoms with E-state index in [1.165, 1.54) is 18.3 Å². The minimum absolute atomic E-state index is 0.294. The molecule has 0 radical (unpaired) electrons. The van der Waals surface area contributed by atoms with Gasteiger partial charge in [-0.15, -0.1) is 0 Å². The molecule has 1 atom stereocenters. The highest BCUT2D eigenvalue weighted by Gasteiger charge is 2.35. The lowest BCUT2D eigenvalue weighted by Gasteiger charge is -2.29. The molecule has 0 aromatic heterocycles. The molecule has 0 saturated carbocycles. The second-order valence-corrected chi connectivity index (χ2v) is 7.13. The molecule has 1 aromatic rings. The van der Waals surface area contributed by atoms with E-state index in [-0.39, 0.29) is 11.9 Å². The van der Waals surface area contributed by atoms with Crippen molar-refractivity contribution in [2.45, 2.75) is 51.0 Å². The number of hydrogen-bond acceptors (Lipinski definition) is 3. The van der Waals surface area contributed by atoms with Gasteiger partial charge in [0.2, 0.25) is 0 Å². The van der Waals surface area contributed by atoms with Gasteiger partial charge in [-0.05, 0) is 57.7 Å². The van der Waals surface area contributed by atoms with Crippen LogP contribution in [0, 0.1) is 11.2 Å². The molecule has 1 heterocycles. The highest BCUT2D eigenvalue weighted by molar-refractivity contribution is 5.72. The quantitative estimate of drug-likeness (QED) is 0.833. The van der Waals surface area contributed by atoms with Crippen molar-refractivity contribution < 1.29 is 13.9 Å². The standard InChI is InChI=1S/C18H25FN2O2/c1-17(2,3)23-16(22)21-10-5-8-18(13-20,9-11-21)14-6-4-7-15(19)12-14/h4,6-7,12-13,20H,5,8-11H2,1-3H3. The van der Waals surface area contributed by atoms with Gasteiger partial charge in [0.25, 0.3) is 0 Å². The van der Waals surface area contributed by atoms with Crippen LogP contribution < -0.4 is 0 Å². The van der Waals surface area contributed by atoms with Crippen molar-refractivity contribution in [3.8, 4) is 0 Å². The summed E-state index contributed by atoms with van der Waals surface area (Å²) < 4.78 is 19.0. The first-order chi connectivity index (χ1) is 10.8. The Morgan fingerprint density at radius 2 is 2.09 bits per heavy atom. The number of ether oxygens (including phenoxy) is 1. The minimum Gasteiger partial charge on any atom is -0.444 e. The zero-order valence-electron chi connectivity index (χ0n) is 14.1. The van der Waals surface area contributed by atoms with Gasteiger partial charge in [-0.2, -0.15) is 0 Å². The van der Waals surface area contributed by atoms with Gasteiger partial charge in [0.15, 0.2) is 0 Å². The van der Waals surface area contributed by atoms with Gasteiger partial charge in [-0.3, -0.25) is 0 Å². The van der Waals surface area contributed by atoms with Crippen LogP contribution in [0.4, 0.5) is 9.18 Å². The molecule has 0 bridgehead atoms. The van der Waals surface area contributed by atoms with Crippen molar-refractivity contribution in [2.24, 2.45) is 0 Å². The lowest BCUT2D eigenvalue weighted by Crippen LogP contribution is -2.38. The second-order valence-electron chi connectivity index (χ2n) is 7.13. The van der Waals surface area contributed by atoms with Gasteiger partial charge in [0, 0.05) is 24.7 Å². The van der Waals surface area contributed by atoms with Crippen LogP contribution >= 0.6 is 0 Å². The lowest BCUT2D eigenvalue weighted by atomic mass is 9.75. The predicted octanol–water partition coefficient (Wildman–Crippen LogP) is 4.13. The molecule has 5 heteroatoms. The molecule has 1 amide bonds. The van der Waals surface area contributed by atoms with E-state index in [0.29, 0.717) is 19.5 Å². The maximum atomic E-state index is 13.6. The third kappa shape index (κ3) is 4.30. The highest BCUT2D eigenvalue weighted by atomic mass is 19.1. The number of nitrogens with one attached hydrogen (secondary N) is 1. The topological polar surface area (TPSA) is 53.4 Å². The molecule has 1 aliphatic rings. The minimum atomic E-state index is -0.523. The Morgan fingerprint density at radius 1 is 1.35 bits per heavy atom. The molecule has 0 spiro atoms. The maximum Gasteiger partial charge on any atom is 0.410 e. The summed E-state index contributed by atoms with van der Waals surface area (Å²) in [5, 5.41) is 7.89. The lowest BCUT2D eigenvalue weighted by molar-refractivity contribution is 0.0255. The van der Waals surface area contributed by atoms with Crippen molar-refractivity contribution in [3.05, 3.63) is 35.6 Å². The van der Waals surface area contributed by atoms with E-state index < -0.39 is 11.0 Å². The Balaban J connectivity index is 2.15. The average molecular weight is 320 g/mol. The number of amides is 1. The zero-order chi connectivity index (χ0) is 17.1. The smallest absolute Gasteiger partial charge is 0.410 e. The maximum absolute atomic E-state index is 13.6. The molecule has 1 N–H and O–H groups in total. The molecular formula is C18H25FN2O2. The Morgan fingerprint density at radius 3 is 2.70 bits per heavy atom.